The third-order valence-corrected chi connectivity index (χ3v) is 2.89. The SMILES string of the molecule is CN(Cc1nccn1C)c1cccc(CN)c1. The Balaban J connectivity index is 2.14. The number of nitrogens with zero attached hydrogens (tertiary/aromatic N) is 3. The Morgan fingerprint density at radius 1 is 1.41 bits per heavy atom. The van der Waals surface area contributed by atoms with E-state index in [1.807, 2.05) is 36.1 Å². The van der Waals surface area contributed by atoms with Gasteiger partial charge in [0.25, 0.3) is 0 Å². The van der Waals surface area contributed by atoms with Crippen molar-refractivity contribution in [3.63, 3.8) is 0 Å². The highest BCUT2D eigenvalue weighted by atomic mass is 15.2. The van der Waals surface area contributed by atoms with Crippen LogP contribution >= 0.6 is 0 Å². The Labute approximate surface area is 102 Å². The van der Waals surface area contributed by atoms with Crippen molar-refractivity contribution in [3.8, 4) is 0 Å². The van der Waals surface area contributed by atoms with Gasteiger partial charge in [-0.1, -0.05) is 12.1 Å². The molecule has 0 aliphatic carbocycles. The second-order valence-corrected chi connectivity index (χ2v) is 4.18. The van der Waals surface area contributed by atoms with E-state index in [1.165, 1.54) is 0 Å². The zero-order valence-corrected chi connectivity index (χ0v) is 10.3. The summed E-state index contributed by atoms with van der Waals surface area (Å²) in [4.78, 5) is 6.49. The van der Waals surface area contributed by atoms with Crippen molar-refractivity contribution < 1.29 is 0 Å². The maximum atomic E-state index is 5.64. The third-order valence-electron chi connectivity index (χ3n) is 2.89. The number of benzene rings is 1. The summed E-state index contributed by atoms with van der Waals surface area (Å²) >= 11 is 0. The normalized spacial score (nSPS) is 10.5. The lowest BCUT2D eigenvalue weighted by atomic mass is 10.2. The topological polar surface area (TPSA) is 47.1 Å². The van der Waals surface area contributed by atoms with E-state index in [0.29, 0.717) is 6.54 Å². The molecule has 0 radical (unpaired) electrons. The minimum absolute atomic E-state index is 0.573. The molecule has 2 rings (SSSR count). The van der Waals surface area contributed by atoms with Crippen LogP contribution in [0.5, 0.6) is 0 Å². The molecule has 17 heavy (non-hydrogen) atoms. The van der Waals surface area contributed by atoms with Gasteiger partial charge in [-0.15, -0.1) is 0 Å². The molecule has 0 aliphatic heterocycles. The lowest BCUT2D eigenvalue weighted by Crippen LogP contribution is -2.19. The number of nitrogens with two attached hydrogens (primary N) is 1. The van der Waals surface area contributed by atoms with Crippen LogP contribution in [0.2, 0.25) is 0 Å². The van der Waals surface area contributed by atoms with E-state index in [4.69, 9.17) is 5.73 Å². The molecule has 4 heteroatoms. The summed E-state index contributed by atoms with van der Waals surface area (Å²) in [5.74, 6) is 1.05. The van der Waals surface area contributed by atoms with Gasteiger partial charge in [-0.3, -0.25) is 0 Å². The molecule has 0 saturated carbocycles. The molecule has 1 aromatic heterocycles. The molecule has 4 nitrogen and oxygen atoms in total. The summed E-state index contributed by atoms with van der Waals surface area (Å²) in [5.41, 5.74) is 7.95. The van der Waals surface area contributed by atoms with Crippen LogP contribution in [0.25, 0.3) is 0 Å². The molecule has 0 bridgehead atoms. The van der Waals surface area contributed by atoms with Crippen LogP contribution in [0, 0.1) is 0 Å². The van der Waals surface area contributed by atoms with E-state index in [-0.39, 0.29) is 0 Å². The van der Waals surface area contributed by atoms with Crippen molar-refractivity contribution in [2.45, 2.75) is 13.1 Å². The molecule has 0 amide bonds. The van der Waals surface area contributed by atoms with Crippen LogP contribution in [0.1, 0.15) is 11.4 Å². The smallest absolute Gasteiger partial charge is 0.127 e. The molecule has 2 aromatic rings. The Hall–Kier alpha value is -1.81. The number of anilines is 1. The second kappa shape index (κ2) is 5.01. The molecule has 0 atom stereocenters. The molecule has 1 aromatic carbocycles. The number of hydrogen-bond donors (Lipinski definition) is 1. The van der Waals surface area contributed by atoms with Crippen molar-refractivity contribution in [1.29, 1.82) is 0 Å². The third kappa shape index (κ3) is 2.65. The van der Waals surface area contributed by atoms with Crippen LogP contribution in [-0.2, 0) is 20.1 Å². The van der Waals surface area contributed by atoms with Crippen LogP contribution in [-0.4, -0.2) is 16.6 Å². The minimum Gasteiger partial charge on any atom is -0.367 e. The predicted molar refractivity (Wildman–Crippen MR) is 69.6 cm³/mol. The van der Waals surface area contributed by atoms with Crippen molar-refractivity contribution >= 4 is 5.69 Å². The lowest BCUT2D eigenvalue weighted by Gasteiger charge is -2.19. The van der Waals surface area contributed by atoms with Gasteiger partial charge in [-0.2, -0.15) is 0 Å². The van der Waals surface area contributed by atoms with Gasteiger partial charge < -0.3 is 15.2 Å². The molecule has 0 spiro atoms. The van der Waals surface area contributed by atoms with E-state index < -0.39 is 0 Å². The highest BCUT2D eigenvalue weighted by Gasteiger charge is 2.05. The highest BCUT2D eigenvalue weighted by molar-refractivity contribution is 5.47. The van der Waals surface area contributed by atoms with E-state index in [1.54, 1.807) is 0 Å². The summed E-state index contributed by atoms with van der Waals surface area (Å²) in [7, 11) is 4.07. The molecule has 90 valence electrons. The molecule has 1 heterocycles. The molecule has 0 unspecified atom stereocenters. The average Bonchev–Trinajstić information content (AvgIpc) is 2.75. The molecule has 0 saturated heterocycles. The monoisotopic (exact) mass is 230 g/mol. The van der Waals surface area contributed by atoms with Gasteiger partial charge in [0, 0.05) is 38.7 Å². The van der Waals surface area contributed by atoms with E-state index in [0.717, 1.165) is 23.6 Å². The second-order valence-electron chi connectivity index (χ2n) is 4.18. The van der Waals surface area contributed by atoms with Crippen molar-refractivity contribution in [2.75, 3.05) is 11.9 Å². The van der Waals surface area contributed by atoms with E-state index >= 15 is 0 Å². The fourth-order valence-electron chi connectivity index (χ4n) is 1.77. The Morgan fingerprint density at radius 2 is 2.24 bits per heavy atom. The fraction of sp³-hybridized carbons (Fsp3) is 0.308. The Kier molecular flexibility index (Phi) is 3.44. The first-order valence-corrected chi connectivity index (χ1v) is 5.67. The molecule has 2 N–H and O–H groups in total. The van der Waals surface area contributed by atoms with Crippen LogP contribution in [0.4, 0.5) is 5.69 Å². The minimum atomic E-state index is 0.573. The number of rotatable bonds is 4. The molecule has 0 fully saturated rings. The first kappa shape index (κ1) is 11.7. The molecular formula is C13H18N4. The van der Waals surface area contributed by atoms with Crippen molar-refractivity contribution in [1.82, 2.24) is 9.55 Å². The summed E-state index contributed by atoms with van der Waals surface area (Å²) in [5, 5.41) is 0. The quantitative estimate of drug-likeness (QED) is 0.866. The highest BCUT2D eigenvalue weighted by Crippen LogP contribution is 2.16. The van der Waals surface area contributed by atoms with Gasteiger partial charge in [-0.05, 0) is 17.7 Å². The van der Waals surface area contributed by atoms with Gasteiger partial charge >= 0.3 is 0 Å². The zero-order chi connectivity index (χ0) is 12.3. The molecule has 0 aliphatic rings. The lowest BCUT2D eigenvalue weighted by molar-refractivity contribution is 0.761. The summed E-state index contributed by atoms with van der Waals surface area (Å²) in [6, 6.07) is 8.27. The number of imidazole rings is 1. The van der Waals surface area contributed by atoms with Gasteiger partial charge in [0.05, 0.1) is 6.54 Å². The van der Waals surface area contributed by atoms with Gasteiger partial charge in [-0.25, -0.2) is 4.98 Å². The van der Waals surface area contributed by atoms with Crippen molar-refractivity contribution in [2.24, 2.45) is 12.8 Å². The maximum Gasteiger partial charge on any atom is 0.127 e. The Bertz CT molecular complexity index is 490. The van der Waals surface area contributed by atoms with Crippen molar-refractivity contribution in [3.05, 3.63) is 48.0 Å². The van der Waals surface area contributed by atoms with Crippen LogP contribution in [0.3, 0.4) is 0 Å². The Morgan fingerprint density at radius 3 is 2.88 bits per heavy atom. The van der Waals surface area contributed by atoms with Crippen LogP contribution in [0.15, 0.2) is 36.7 Å². The average molecular weight is 230 g/mol. The molecular weight excluding hydrogens is 212 g/mol. The van der Waals surface area contributed by atoms with Gasteiger partial charge in [0.15, 0.2) is 0 Å². The van der Waals surface area contributed by atoms with E-state index in [2.05, 4.69) is 29.1 Å². The van der Waals surface area contributed by atoms with Crippen LogP contribution < -0.4 is 10.6 Å². The summed E-state index contributed by atoms with van der Waals surface area (Å²) in [6.07, 6.45) is 3.78. The number of aromatic nitrogens is 2. The maximum absolute atomic E-state index is 5.64. The zero-order valence-electron chi connectivity index (χ0n) is 10.3. The summed E-state index contributed by atoms with van der Waals surface area (Å²) < 4.78 is 2.03. The number of hydrogen-bond acceptors (Lipinski definition) is 3. The predicted octanol–water partition coefficient (Wildman–Crippen LogP) is 1.52. The van der Waals surface area contributed by atoms with Gasteiger partial charge in [0.2, 0.25) is 0 Å². The summed E-state index contributed by atoms with van der Waals surface area (Å²) in [6.45, 7) is 1.36. The largest absolute Gasteiger partial charge is 0.367 e. The first-order chi connectivity index (χ1) is 8.20. The van der Waals surface area contributed by atoms with E-state index in [9.17, 15) is 0 Å². The van der Waals surface area contributed by atoms with Gasteiger partial charge in [0.1, 0.15) is 5.82 Å². The number of aryl methyl sites for hydroxylation is 1. The first-order valence-electron chi connectivity index (χ1n) is 5.67. The standard InChI is InChI=1S/C13H18N4/c1-16-7-6-15-13(16)10-17(2)12-5-3-4-11(8-12)9-14/h3-8H,9-10,14H2,1-2H3. The fourth-order valence-corrected chi connectivity index (χ4v) is 1.77.